The third-order valence-electron chi connectivity index (χ3n) is 9.47. The number of aliphatic carboxylic acids is 2. The van der Waals surface area contributed by atoms with Gasteiger partial charge in [0.05, 0.1) is 13.0 Å². The molecule has 12 heteroatoms. The number of aliphatic imine (C=N–C) groups is 1. The van der Waals surface area contributed by atoms with Gasteiger partial charge in [-0.2, -0.15) is 0 Å². The Kier molecular flexibility index (Phi) is 40.7. The molecule has 318 valence electrons. The Morgan fingerprint density at radius 2 is 0.981 bits per heavy atom. The van der Waals surface area contributed by atoms with Gasteiger partial charge in [-0.1, -0.05) is 174 Å². The van der Waals surface area contributed by atoms with Crippen molar-refractivity contribution in [2.45, 2.75) is 225 Å². The first-order valence-electron chi connectivity index (χ1n) is 21.7. The molecule has 0 bridgehead atoms. The molecule has 8 N–H and O–H groups in total. The highest BCUT2D eigenvalue weighted by Gasteiger charge is 2.22. The van der Waals surface area contributed by atoms with Crippen LogP contribution in [0.5, 0.6) is 0 Å². The fourth-order valence-electron chi connectivity index (χ4n) is 6.15. The van der Waals surface area contributed by atoms with Crippen LogP contribution in [0.2, 0.25) is 0 Å². The number of hydrogen-bond donors (Lipinski definition) is 6. The van der Waals surface area contributed by atoms with E-state index in [1.807, 2.05) is 0 Å². The van der Waals surface area contributed by atoms with Crippen LogP contribution in [0.25, 0.3) is 0 Å². The molecule has 0 radical (unpaired) electrons. The van der Waals surface area contributed by atoms with Crippen molar-refractivity contribution in [2.24, 2.45) is 16.5 Å². The van der Waals surface area contributed by atoms with E-state index in [4.69, 9.17) is 31.5 Å². The number of rotatable bonds is 38. The van der Waals surface area contributed by atoms with Crippen molar-refractivity contribution < 1.29 is 39.2 Å². The van der Waals surface area contributed by atoms with E-state index in [2.05, 4.69) is 24.2 Å². The van der Waals surface area contributed by atoms with E-state index >= 15 is 0 Å². The highest BCUT2D eigenvalue weighted by molar-refractivity contribution is 5.84. The van der Waals surface area contributed by atoms with E-state index in [1.54, 1.807) is 0 Å². The van der Waals surface area contributed by atoms with E-state index < -0.39 is 30.5 Å². The van der Waals surface area contributed by atoms with E-state index in [0.717, 1.165) is 25.7 Å². The Balaban J connectivity index is 0. The number of unbranched alkanes of at least 4 members (excludes halogenated alkanes) is 25. The number of aliphatic hydroxyl groups is 1. The van der Waals surface area contributed by atoms with Gasteiger partial charge in [0.1, 0.15) is 6.04 Å². The SMILES string of the molecule is CCCCCCCCCCCCCCCCOC(=O)[C@H](CCCN=C(N)N)NC(=O)CCCCCCCCCCCCCCC.O=C(O)CC(O)C(=O)O. The number of carbonyl (C=O) groups is 4. The number of esters is 1. The Morgan fingerprint density at radius 3 is 1.33 bits per heavy atom. The lowest BCUT2D eigenvalue weighted by Crippen LogP contribution is -2.42. The molecule has 0 aromatic rings. The molecule has 0 heterocycles. The topological polar surface area (TPSA) is 215 Å². The van der Waals surface area contributed by atoms with Crippen LogP contribution in [0.3, 0.4) is 0 Å². The molecule has 0 aliphatic rings. The summed E-state index contributed by atoms with van der Waals surface area (Å²) in [6.07, 6.45) is 33.6. The van der Waals surface area contributed by atoms with Crippen LogP contribution < -0.4 is 16.8 Å². The summed E-state index contributed by atoms with van der Waals surface area (Å²) >= 11 is 0. The average Bonchev–Trinajstić information content (AvgIpc) is 3.12. The molecule has 12 nitrogen and oxygen atoms in total. The Labute approximate surface area is 328 Å². The number of hydrogen-bond acceptors (Lipinski definition) is 7. The molecule has 0 saturated heterocycles. The van der Waals surface area contributed by atoms with E-state index in [9.17, 15) is 19.2 Å². The molecule has 54 heavy (non-hydrogen) atoms. The van der Waals surface area contributed by atoms with Gasteiger partial charge in [0.2, 0.25) is 5.91 Å². The maximum Gasteiger partial charge on any atom is 0.333 e. The monoisotopic (exact) mass is 771 g/mol. The molecular weight excluding hydrogens is 688 g/mol. The van der Waals surface area contributed by atoms with E-state index in [0.29, 0.717) is 32.4 Å². The summed E-state index contributed by atoms with van der Waals surface area (Å²) in [5.74, 6) is -3.22. The zero-order chi connectivity index (χ0) is 40.5. The molecule has 2 atom stereocenters. The van der Waals surface area contributed by atoms with Crippen molar-refractivity contribution in [3.05, 3.63) is 0 Å². The second kappa shape index (κ2) is 41.3. The first kappa shape index (κ1) is 53.2. The summed E-state index contributed by atoms with van der Waals surface area (Å²) in [4.78, 5) is 48.9. The summed E-state index contributed by atoms with van der Waals surface area (Å²) in [5.41, 5.74) is 10.9. The van der Waals surface area contributed by atoms with Gasteiger partial charge >= 0.3 is 17.9 Å². The quantitative estimate of drug-likeness (QED) is 0.0152. The van der Waals surface area contributed by atoms with Gasteiger partial charge in [-0.05, 0) is 25.7 Å². The minimum absolute atomic E-state index is 0.0402. The lowest BCUT2D eigenvalue weighted by atomic mass is 10.0. The zero-order valence-corrected chi connectivity index (χ0v) is 34.5. The van der Waals surface area contributed by atoms with Crippen molar-refractivity contribution in [2.75, 3.05) is 13.2 Å². The summed E-state index contributed by atoms with van der Waals surface area (Å²) in [7, 11) is 0. The normalized spacial score (nSPS) is 11.9. The van der Waals surface area contributed by atoms with Crippen LogP contribution in [0.4, 0.5) is 0 Å². The number of nitrogens with two attached hydrogens (primary N) is 2. The van der Waals surface area contributed by atoms with Crippen molar-refractivity contribution in [3.8, 4) is 0 Å². The van der Waals surface area contributed by atoms with Crippen LogP contribution >= 0.6 is 0 Å². The largest absolute Gasteiger partial charge is 0.481 e. The second-order valence-corrected chi connectivity index (χ2v) is 14.8. The minimum atomic E-state index is -1.79. The van der Waals surface area contributed by atoms with Gasteiger partial charge < -0.3 is 36.8 Å². The molecule has 0 aromatic carbocycles. The third kappa shape index (κ3) is 41.9. The van der Waals surface area contributed by atoms with Gasteiger partial charge in [0, 0.05) is 13.0 Å². The van der Waals surface area contributed by atoms with Gasteiger partial charge in [0.25, 0.3) is 0 Å². The van der Waals surface area contributed by atoms with Crippen LogP contribution in [0.15, 0.2) is 4.99 Å². The van der Waals surface area contributed by atoms with Gasteiger partial charge in [-0.3, -0.25) is 14.6 Å². The number of amides is 1. The summed E-state index contributed by atoms with van der Waals surface area (Å²) < 4.78 is 5.57. The predicted molar refractivity (Wildman–Crippen MR) is 219 cm³/mol. The van der Waals surface area contributed by atoms with Gasteiger partial charge in [-0.15, -0.1) is 0 Å². The lowest BCUT2D eigenvalue weighted by molar-refractivity contribution is -0.152. The zero-order valence-electron chi connectivity index (χ0n) is 34.5. The molecule has 1 unspecified atom stereocenters. The predicted octanol–water partition coefficient (Wildman–Crippen LogP) is 8.94. The maximum atomic E-state index is 12.8. The highest BCUT2D eigenvalue weighted by Crippen LogP contribution is 2.15. The molecule has 0 aromatic heterocycles. The van der Waals surface area contributed by atoms with Crippen LogP contribution in [-0.2, 0) is 23.9 Å². The molecular formula is C42H82N4O8. The number of nitrogens with one attached hydrogen (secondary N) is 1. The highest BCUT2D eigenvalue weighted by atomic mass is 16.5. The van der Waals surface area contributed by atoms with Gasteiger partial charge in [-0.25, -0.2) is 9.59 Å². The third-order valence-corrected chi connectivity index (χ3v) is 9.47. The van der Waals surface area contributed by atoms with Crippen LogP contribution in [0, 0.1) is 0 Å². The van der Waals surface area contributed by atoms with Crippen LogP contribution in [-0.4, -0.2) is 70.4 Å². The smallest absolute Gasteiger partial charge is 0.333 e. The summed E-state index contributed by atoms with van der Waals surface area (Å²) in [6.45, 7) is 5.38. The number of carboxylic acids is 2. The number of carboxylic acid groups (broad SMARTS) is 2. The summed E-state index contributed by atoms with van der Waals surface area (Å²) in [5, 5.41) is 27.1. The Morgan fingerprint density at radius 1 is 0.593 bits per heavy atom. The first-order chi connectivity index (χ1) is 26.0. The standard InChI is InChI=1S/C38H76N4O3.C4H6O5/c1-3-5-7-9-11-13-15-17-19-21-23-25-27-29-34-45-37(44)35(31-30-33-41-38(39)40)42-36(43)32-28-26-24-22-20-18-16-14-12-10-8-6-4-2;5-2(4(8)9)1-3(6)7/h35H,3-34H2,1-2H3,(H,42,43)(H4,39,40,41);2,5H,1H2,(H,6,7)(H,8,9)/t35-;/m0./s1. The number of carbonyl (C=O) groups excluding carboxylic acids is 2. The van der Waals surface area contributed by atoms with Crippen molar-refractivity contribution in [1.29, 1.82) is 0 Å². The molecule has 0 fully saturated rings. The van der Waals surface area contributed by atoms with Crippen molar-refractivity contribution in [1.82, 2.24) is 5.32 Å². The Bertz CT molecular complexity index is 930. The fraction of sp³-hybridized carbons (Fsp3) is 0.881. The van der Waals surface area contributed by atoms with E-state index in [-0.39, 0.29) is 17.8 Å². The maximum absolute atomic E-state index is 12.8. The second-order valence-electron chi connectivity index (χ2n) is 14.8. The van der Waals surface area contributed by atoms with Crippen molar-refractivity contribution >= 4 is 29.8 Å². The molecule has 1 amide bonds. The molecule has 0 saturated carbocycles. The molecule has 0 rings (SSSR count). The van der Waals surface area contributed by atoms with Crippen LogP contribution in [0.1, 0.15) is 213 Å². The fourth-order valence-corrected chi connectivity index (χ4v) is 6.15. The number of aliphatic hydroxyl groups excluding tert-OH is 1. The lowest BCUT2D eigenvalue weighted by Gasteiger charge is -2.17. The van der Waals surface area contributed by atoms with E-state index in [1.165, 1.54) is 148 Å². The van der Waals surface area contributed by atoms with Gasteiger partial charge in [0.15, 0.2) is 12.1 Å². The Hall–Kier alpha value is -2.89. The molecule has 0 aliphatic carbocycles. The summed E-state index contributed by atoms with van der Waals surface area (Å²) in [6, 6.07) is -0.639. The number of guanidine groups is 1. The number of ether oxygens (including phenoxy) is 1. The minimum Gasteiger partial charge on any atom is -0.481 e. The number of nitrogens with zero attached hydrogens (tertiary/aromatic N) is 1. The molecule has 0 aliphatic heterocycles. The van der Waals surface area contributed by atoms with Crippen molar-refractivity contribution in [3.63, 3.8) is 0 Å². The first-order valence-corrected chi connectivity index (χ1v) is 21.7. The average molecular weight is 771 g/mol. The molecule has 0 spiro atoms.